The molecule has 1 heterocycles. The van der Waals surface area contributed by atoms with Gasteiger partial charge in [0.1, 0.15) is 5.84 Å². The number of hydrogen-bond acceptors (Lipinski definition) is 2. The van der Waals surface area contributed by atoms with E-state index < -0.39 is 6.09 Å². The number of aromatic nitrogens is 1. The van der Waals surface area contributed by atoms with E-state index in [2.05, 4.69) is 10.3 Å². The fourth-order valence-electron chi connectivity index (χ4n) is 2.31. The Morgan fingerprint density at radius 3 is 2.50 bits per heavy atom. The van der Waals surface area contributed by atoms with Crippen LogP contribution in [0, 0.1) is 5.41 Å². The molecule has 0 aliphatic carbocycles. The molecule has 1 amide bonds. The molecule has 0 atom stereocenters. The van der Waals surface area contributed by atoms with Crippen LogP contribution >= 0.6 is 0 Å². The summed E-state index contributed by atoms with van der Waals surface area (Å²) in [6.45, 7) is 0. The van der Waals surface area contributed by atoms with E-state index in [0.717, 1.165) is 22.2 Å². The third-order valence-corrected chi connectivity index (χ3v) is 3.38. The van der Waals surface area contributed by atoms with Crippen LogP contribution < -0.4 is 11.1 Å². The number of anilines is 1. The molecule has 0 radical (unpaired) electrons. The Kier molecular flexibility index (Phi) is 3.27. The zero-order chi connectivity index (χ0) is 15.7. The van der Waals surface area contributed by atoms with E-state index in [1.165, 1.54) is 0 Å². The van der Waals surface area contributed by atoms with E-state index in [1.807, 2.05) is 24.3 Å². The maximum absolute atomic E-state index is 10.7. The number of nitrogen functional groups attached to an aromatic ring is 1. The second-order valence-electron chi connectivity index (χ2n) is 4.91. The Hall–Kier alpha value is -3.28. The molecule has 0 bridgehead atoms. The molecule has 3 rings (SSSR count). The van der Waals surface area contributed by atoms with Crippen LogP contribution in [-0.4, -0.2) is 22.0 Å². The van der Waals surface area contributed by atoms with Crippen LogP contribution in [0.3, 0.4) is 0 Å². The Balaban J connectivity index is 1.97. The van der Waals surface area contributed by atoms with Crippen molar-refractivity contribution in [3.05, 3.63) is 54.1 Å². The van der Waals surface area contributed by atoms with Crippen molar-refractivity contribution < 1.29 is 9.90 Å². The van der Waals surface area contributed by atoms with Crippen molar-refractivity contribution in [2.75, 3.05) is 5.32 Å². The molecule has 1 aromatic heterocycles. The van der Waals surface area contributed by atoms with Crippen molar-refractivity contribution in [1.29, 1.82) is 5.41 Å². The number of amidine groups is 1. The van der Waals surface area contributed by atoms with Gasteiger partial charge in [0.15, 0.2) is 0 Å². The number of nitrogens with one attached hydrogen (secondary N) is 3. The molecule has 6 N–H and O–H groups in total. The Labute approximate surface area is 126 Å². The summed E-state index contributed by atoms with van der Waals surface area (Å²) in [5.41, 5.74) is 9.35. The first-order chi connectivity index (χ1) is 10.5. The van der Waals surface area contributed by atoms with Gasteiger partial charge in [-0.15, -0.1) is 0 Å². The van der Waals surface area contributed by atoms with Gasteiger partial charge in [0.2, 0.25) is 0 Å². The zero-order valence-electron chi connectivity index (χ0n) is 11.6. The number of fused-ring (bicyclic) bond motifs is 1. The average Bonchev–Trinajstić information content (AvgIpc) is 2.90. The monoisotopic (exact) mass is 294 g/mol. The first kappa shape index (κ1) is 13.7. The standard InChI is InChI=1S/C16H14N4O2/c17-15(18)10-3-1-9(2-4-10)13-7-11-5-6-12(19-16(21)22)8-14(11)20-13/h1-8,19-20H,(H3,17,18)(H,21,22). The van der Waals surface area contributed by atoms with Gasteiger partial charge in [0.05, 0.1) is 0 Å². The third kappa shape index (κ3) is 2.62. The molecule has 6 nitrogen and oxygen atoms in total. The van der Waals surface area contributed by atoms with E-state index in [4.69, 9.17) is 16.2 Å². The lowest BCUT2D eigenvalue weighted by Crippen LogP contribution is -2.10. The number of carboxylic acid groups (broad SMARTS) is 1. The van der Waals surface area contributed by atoms with Crippen molar-refractivity contribution >= 4 is 28.5 Å². The molecule has 0 spiro atoms. The predicted octanol–water partition coefficient (Wildman–Crippen LogP) is 3.21. The number of rotatable bonds is 3. The Morgan fingerprint density at radius 2 is 1.86 bits per heavy atom. The lowest BCUT2D eigenvalue weighted by atomic mass is 10.1. The number of H-pyrrole nitrogens is 1. The fourth-order valence-corrected chi connectivity index (χ4v) is 2.31. The number of benzene rings is 2. The molecule has 22 heavy (non-hydrogen) atoms. The highest BCUT2D eigenvalue weighted by Gasteiger charge is 2.06. The zero-order valence-corrected chi connectivity index (χ0v) is 11.6. The Morgan fingerprint density at radius 1 is 1.14 bits per heavy atom. The number of nitrogens with two attached hydrogens (primary N) is 1. The van der Waals surface area contributed by atoms with Gasteiger partial charge in [-0.05, 0) is 23.8 Å². The molecule has 110 valence electrons. The highest BCUT2D eigenvalue weighted by Crippen LogP contribution is 2.26. The van der Waals surface area contributed by atoms with Gasteiger partial charge in [0.25, 0.3) is 0 Å². The van der Waals surface area contributed by atoms with Crippen molar-refractivity contribution in [2.24, 2.45) is 5.73 Å². The van der Waals surface area contributed by atoms with Crippen LogP contribution in [0.4, 0.5) is 10.5 Å². The van der Waals surface area contributed by atoms with Crippen LogP contribution in [0.1, 0.15) is 5.56 Å². The molecule has 6 heteroatoms. The molecule has 0 unspecified atom stereocenters. The summed E-state index contributed by atoms with van der Waals surface area (Å²) in [7, 11) is 0. The lowest BCUT2D eigenvalue weighted by molar-refractivity contribution is 0.210. The van der Waals surface area contributed by atoms with E-state index in [0.29, 0.717) is 11.3 Å². The van der Waals surface area contributed by atoms with E-state index in [9.17, 15) is 4.79 Å². The average molecular weight is 294 g/mol. The van der Waals surface area contributed by atoms with Crippen LogP contribution in [0.2, 0.25) is 0 Å². The number of hydrogen-bond donors (Lipinski definition) is 5. The van der Waals surface area contributed by atoms with Gasteiger partial charge in [0, 0.05) is 27.8 Å². The predicted molar refractivity (Wildman–Crippen MR) is 86.4 cm³/mol. The lowest BCUT2D eigenvalue weighted by Gasteiger charge is -2.01. The molecule has 0 fully saturated rings. The second-order valence-corrected chi connectivity index (χ2v) is 4.91. The van der Waals surface area contributed by atoms with Crippen molar-refractivity contribution in [3.8, 4) is 11.3 Å². The maximum atomic E-state index is 10.7. The van der Waals surface area contributed by atoms with Crippen LogP contribution in [0.25, 0.3) is 22.2 Å². The Bertz CT molecular complexity index is 865. The van der Waals surface area contributed by atoms with Gasteiger partial charge in [-0.25, -0.2) is 4.79 Å². The maximum Gasteiger partial charge on any atom is 0.409 e. The summed E-state index contributed by atoms with van der Waals surface area (Å²) in [6, 6.07) is 14.7. The highest BCUT2D eigenvalue weighted by atomic mass is 16.4. The molecule has 0 saturated heterocycles. The largest absolute Gasteiger partial charge is 0.465 e. The smallest absolute Gasteiger partial charge is 0.409 e. The summed E-state index contributed by atoms with van der Waals surface area (Å²) >= 11 is 0. The quantitative estimate of drug-likeness (QED) is 0.377. The minimum absolute atomic E-state index is 0.0348. The van der Waals surface area contributed by atoms with E-state index >= 15 is 0 Å². The van der Waals surface area contributed by atoms with E-state index in [1.54, 1.807) is 24.3 Å². The summed E-state index contributed by atoms with van der Waals surface area (Å²) in [5, 5.41) is 19.4. The minimum atomic E-state index is -1.09. The first-order valence-electron chi connectivity index (χ1n) is 6.60. The molecule has 0 aliphatic rings. The van der Waals surface area contributed by atoms with Gasteiger partial charge < -0.3 is 15.8 Å². The topological polar surface area (TPSA) is 115 Å². The fraction of sp³-hybridized carbons (Fsp3) is 0. The SMILES string of the molecule is N=C(N)c1ccc(-c2cc3ccc(NC(=O)O)cc3[nH]2)cc1. The molecule has 3 aromatic rings. The number of aromatic amines is 1. The van der Waals surface area contributed by atoms with Gasteiger partial charge in [-0.3, -0.25) is 10.7 Å². The number of carbonyl (C=O) groups is 1. The molecular formula is C16H14N4O2. The van der Waals surface area contributed by atoms with Gasteiger partial charge in [-0.1, -0.05) is 30.3 Å². The van der Waals surface area contributed by atoms with Crippen molar-refractivity contribution in [3.63, 3.8) is 0 Å². The second kappa shape index (κ2) is 5.25. The molecular weight excluding hydrogens is 280 g/mol. The molecule has 0 aliphatic heterocycles. The summed E-state index contributed by atoms with van der Waals surface area (Å²) < 4.78 is 0. The third-order valence-electron chi connectivity index (χ3n) is 3.38. The highest BCUT2D eigenvalue weighted by molar-refractivity contribution is 5.96. The van der Waals surface area contributed by atoms with E-state index in [-0.39, 0.29) is 5.84 Å². The van der Waals surface area contributed by atoms with Crippen LogP contribution in [-0.2, 0) is 0 Å². The normalized spacial score (nSPS) is 10.5. The summed E-state index contributed by atoms with van der Waals surface area (Å²) in [4.78, 5) is 13.9. The first-order valence-corrected chi connectivity index (χ1v) is 6.60. The van der Waals surface area contributed by atoms with Crippen molar-refractivity contribution in [2.45, 2.75) is 0 Å². The molecule has 2 aromatic carbocycles. The summed E-state index contributed by atoms with van der Waals surface area (Å²) in [5.74, 6) is 0.0348. The van der Waals surface area contributed by atoms with Gasteiger partial charge in [-0.2, -0.15) is 0 Å². The van der Waals surface area contributed by atoms with Gasteiger partial charge >= 0.3 is 6.09 Å². The minimum Gasteiger partial charge on any atom is -0.465 e. The van der Waals surface area contributed by atoms with Crippen LogP contribution in [0.15, 0.2) is 48.5 Å². The van der Waals surface area contributed by atoms with Crippen molar-refractivity contribution in [1.82, 2.24) is 4.98 Å². The number of amides is 1. The summed E-state index contributed by atoms with van der Waals surface area (Å²) in [6.07, 6.45) is -1.09. The van der Waals surface area contributed by atoms with Crippen LogP contribution in [0.5, 0.6) is 0 Å². The molecule has 0 saturated carbocycles.